The second kappa shape index (κ2) is 3.25. The lowest BCUT2D eigenvalue weighted by Crippen LogP contribution is -2.46. The van der Waals surface area contributed by atoms with Crippen LogP contribution in [0.15, 0.2) is 12.7 Å². The first-order valence-electron chi connectivity index (χ1n) is 3.48. The van der Waals surface area contributed by atoms with Gasteiger partial charge in [0.1, 0.15) is 0 Å². The highest BCUT2D eigenvalue weighted by molar-refractivity contribution is 5.74. The Hall–Kier alpha value is -0.990. The van der Waals surface area contributed by atoms with Crippen molar-refractivity contribution in [3.63, 3.8) is 0 Å². The lowest BCUT2D eigenvalue weighted by Gasteiger charge is -2.25. The molecule has 2 amide bonds. The first-order valence-corrected chi connectivity index (χ1v) is 3.48. The van der Waals surface area contributed by atoms with Gasteiger partial charge in [0.15, 0.2) is 0 Å². The van der Waals surface area contributed by atoms with Crippen LogP contribution in [0.25, 0.3) is 0 Å². The summed E-state index contributed by atoms with van der Waals surface area (Å²) in [6.45, 7) is 5.90. The maximum absolute atomic E-state index is 11.0. The van der Waals surface area contributed by atoms with Gasteiger partial charge < -0.3 is 10.2 Å². The fourth-order valence-electron chi connectivity index (χ4n) is 1.01. The molecule has 0 bridgehead atoms. The lowest BCUT2D eigenvalue weighted by atomic mass is 10.3. The van der Waals surface area contributed by atoms with E-state index in [2.05, 4.69) is 11.9 Å². The van der Waals surface area contributed by atoms with Crippen molar-refractivity contribution < 1.29 is 4.79 Å². The molecule has 0 aromatic heterocycles. The topological polar surface area (TPSA) is 32.3 Å². The molecule has 1 aliphatic rings. The summed E-state index contributed by atoms with van der Waals surface area (Å²) in [5, 5.41) is 2.76. The molecule has 1 fully saturated rings. The first kappa shape index (κ1) is 7.12. The van der Waals surface area contributed by atoms with Gasteiger partial charge in [0.25, 0.3) is 0 Å². The van der Waals surface area contributed by atoms with Crippen LogP contribution in [0.5, 0.6) is 0 Å². The molecule has 0 saturated carbocycles. The largest absolute Gasteiger partial charge is 0.338 e. The predicted octanol–water partition coefficient (Wildman–Crippen LogP) is 0.588. The minimum Gasteiger partial charge on any atom is -0.338 e. The number of carbonyl (C=O) groups is 1. The molecule has 0 atom stereocenters. The van der Waals surface area contributed by atoms with Crippen LogP contribution < -0.4 is 5.32 Å². The van der Waals surface area contributed by atoms with Crippen LogP contribution in [0, 0.1) is 0 Å². The van der Waals surface area contributed by atoms with E-state index in [0.29, 0.717) is 6.54 Å². The monoisotopic (exact) mass is 140 g/mol. The fraction of sp³-hybridized carbons (Fsp3) is 0.571. The van der Waals surface area contributed by atoms with Crippen molar-refractivity contribution in [3.05, 3.63) is 12.7 Å². The van der Waals surface area contributed by atoms with E-state index in [1.807, 2.05) is 0 Å². The van der Waals surface area contributed by atoms with Gasteiger partial charge in [-0.05, 0) is 6.42 Å². The van der Waals surface area contributed by atoms with Crippen molar-refractivity contribution in [1.82, 2.24) is 10.2 Å². The van der Waals surface area contributed by atoms with Crippen LogP contribution in [-0.2, 0) is 0 Å². The van der Waals surface area contributed by atoms with E-state index in [-0.39, 0.29) is 6.03 Å². The van der Waals surface area contributed by atoms with E-state index in [9.17, 15) is 4.79 Å². The van der Waals surface area contributed by atoms with Crippen LogP contribution >= 0.6 is 0 Å². The number of hydrogen-bond donors (Lipinski definition) is 1. The van der Waals surface area contributed by atoms with Crippen molar-refractivity contribution in [2.24, 2.45) is 0 Å². The average Bonchev–Trinajstić information content (AvgIpc) is 1.94. The van der Waals surface area contributed by atoms with Crippen LogP contribution in [-0.4, -0.2) is 30.6 Å². The third-order valence-electron chi connectivity index (χ3n) is 1.52. The van der Waals surface area contributed by atoms with E-state index in [4.69, 9.17) is 0 Å². The Bertz CT molecular complexity index is 145. The summed E-state index contributed by atoms with van der Waals surface area (Å²) >= 11 is 0. The molecule has 1 N–H and O–H groups in total. The van der Waals surface area contributed by atoms with Gasteiger partial charge in [-0.1, -0.05) is 6.08 Å². The summed E-state index contributed by atoms with van der Waals surface area (Å²) in [4.78, 5) is 12.7. The number of nitrogens with zero attached hydrogens (tertiary/aromatic N) is 1. The van der Waals surface area contributed by atoms with E-state index in [1.54, 1.807) is 11.0 Å². The Labute approximate surface area is 60.7 Å². The molecule has 10 heavy (non-hydrogen) atoms. The van der Waals surface area contributed by atoms with Crippen LogP contribution in [0.4, 0.5) is 4.79 Å². The molecule has 0 aromatic carbocycles. The van der Waals surface area contributed by atoms with E-state index < -0.39 is 0 Å². The van der Waals surface area contributed by atoms with Gasteiger partial charge in [-0.2, -0.15) is 0 Å². The summed E-state index contributed by atoms with van der Waals surface area (Å²) < 4.78 is 0. The Kier molecular flexibility index (Phi) is 2.31. The smallest absolute Gasteiger partial charge is 0.317 e. The Morgan fingerprint density at radius 3 is 3.20 bits per heavy atom. The molecule has 0 radical (unpaired) electrons. The van der Waals surface area contributed by atoms with Crippen molar-refractivity contribution >= 4 is 6.03 Å². The number of rotatable bonds is 2. The minimum absolute atomic E-state index is 0.0335. The summed E-state index contributed by atoms with van der Waals surface area (Å²) in [5.74, 6) is 0. The fourth-order valence-corrected chi connectivity index (χ4v) is 1.01. The molecular weight excluding hydrogens is 128 g/mol. The molecule has 3 nitrogen and oxygen atoms in total. The second-order valence-electron chi connectivity index (χ2n) is 2.32. The molecular formula is C7H12N2O. The summed E-state index contributed by atoms with van der Waals surface area (Å²) in [6, 6.07) is 0.0335. The number of carbonyl (C=O) groups excluding carboxylic acids is 1. The van der Waals surface area contributed by atoms with Gasteiger partial charge >= 0.3 is 6.03 Å². The average molecular weight is 140 g/mol. The molecule has 1 heterocycles. The zero-order valence-corrected chi connectivity index (χ0v) is 5.97. The van der Waals surface area contributed by atoms with Crippen molar-refractivity contribution in [1.29, 1.82) is 0 Å². The highest BCUT2D eigenvalue weighted by atomic mass is 16.2. The highest BCUT2D eigenvalue weighted by Gasteiger charge is 2.14. The molecule has 56 valence electrons. The number of amides is 2. The molecule has 0 aliphatic carbocycles. The summed E-state index contributed by atoms with van der Waals surface area (Å²) in [6.07, 6.45) is 2.78. The third kappa shape index (κ3) is 1.50. The van der Waals surface area contributed by atoms with Crippen molar-refractivity contribution in [2.45, 2.75) is 6.42 Å². The van der Waals surface area contributed by atoms with E-state index in [0.717, 1.165) is 19.5 Å². The maximum Gasteiger partial charge on any atom is 0.317 e. The summed E-state index contributed by atoms with van der Waals surface area (Å²) in [5.41, 5.74) is 0. The zero-order valence-electron chi connectivity index (χ0n) is 5.97. The molecule has 0 spiro atoms. The molecule has 1 saturated heterocycles. The SMILES string of the molecule is C=CCN1CCCNC1=O. The zero-order chi connectivity index (χ0) is 7.40. The predicted molar refractivity (Wildman–Crippen MR) is 39.8 cm³/mol. The van der Waals surface area contributed by atoms with Crippen LogP contribution in [0.1, 0.15) is 6.42 Å². The molecule has 1 aliphatic heterocycles. The maximum atomic E-state index is 11.0. The number of nitrogens with one attached hydrogen (secondary N) is 1. The normalized spacial score (nSPS) is 18.4. The molecule has 1 rings (SSSR count). The Morgan fingerprint density at radius 2 is 2.60 bits per heavy atom. The van der Waals surface area contributed by atoms with Gasteiger partial charge in [0.2, 0.25) is 0 Å². The highest BCUT2D eigenvalue weighted by Crippen LogP contribution is 1.97. The molecule has 0 unspecified atom stereocenters. The minimum atomic E-state index is 0.0335. The van der Waals surface area contributed by atoms with Gasteiger partial charge in [-0.15, -0.1) is 6.58 Å². The van der Waals surface area contributed by atoms with Crippen LogP contribution in [0.3, 0.4) is 0 Å². The third-order valence-corrected chi connectivity index (χ3v) is 1.52. The molecule has 0 aromatic rings. The number of urea groups is 1. The Balaban J connectivity index is 2.39. The van der Waals surface area contributed by atoms with Crippen LogP contribution in [0.2, 0.25) is 0 Å². The summed E-state index contributed by atoms with van der Waals surface area (Å²) in [7, 11) is 0. The van der Waals surface area contributed by atoms with Crippen molar-refractivity contribution in [3.8, 4) is 0 Å². The van der Waals surface area contributed by atoms with Gasteiger partial charge in [0.05, 0.1) is 0 Å². The van der Waals surface area contributed by atoms with Crippen molar-refractivity contribution in [2.75, 3.05) is 19.6 Å². The lowest BCUT2D eigenvalue weighted by molar-refractivity contribution is 0.192. The Morgan fingerprint density at radius 1 is 1.80 bits per heavy atom. The van der Waals surface area contributed by atoms with Gasteiger partial charge in [-0.25, -0.2) is 4.79 Å². The van der Waals surface area contributed by atoms with Gasteiger partial charge in [-0.3, -0.25) is 0 Å². The van der Waals surface area contributed by atoms with E-state index >= 15 is 0 Å². The first-order chi connectivity index (χ1) is 4.84. The number of hydrogen-bond acceptors (Lipinski definition) is 1. The second-order valence-corrected chi connectivity index (χ2v) is 2.32. The quantitative estimate of drug-likeness (QED) is 0.559. The van der Waals surface area contributed by atoms with Gasteiger partial charge in [0, 0.05) is 19.6 Å². The standard InChI is InChI=1S/C7H12N2O/c1-2-5-9-6-3-4-8-7(9)10/h2H,1,3-6H2,(H,8,10). The van der Waals surface area contributed by atoms with E-state index in [1.165, 1.54) is 0 Å². The molecule has 3 heteroatoms.